The lowest BCUT2D eigenvalue weighted by Crippen LogP contribution is -2.33. The Morgan fingerprint density at radius 3 is 2.86 bits per heavy atom. The van der Waals surface area contributed by atoms with E-state index in [4.69, 9.17) is 9.26 Å². The van der Waals surface area contributed by atoms with Crippen LogP contribution in [0.15, 0.2) is 77.6 Å². The van der Waals surface area contributed by atoms with Gasteiger partial charge in [-0.3, -0.25) is 9.36 Å². The molecule has 1 N–H and O–H groups in total. The second kappa shape index (κ2) is 7.27. The predicted molar refractivity (Wildman–Crippen MR) is 105 cm³/mol. The Balaban J connectivity index is 1.34. The molecule has 5 rings (SSSR count). The van der Waals surface area contributed by atoms with E-state index in [0.29, 0.717) is 18.0 Å². The third-order valence-electron chi connectivity index (χ3n) is 4.83. The molecule has 1 unspecified atom stereocenters. The average Bonchev–Trinajstić information content (AvgIpc) is 3.39. The van der Waals surface area contributed by atoms with Crippen LogP contribution in [0.25, 0.3) is 5.69 Å². The summed E-state index contributed by atoms with van der Waals surface area (Å²) in [6.07, 6.45) is 4.15. The summed E-state index contributed by atoms with van der Waals surface area (Å²) in [5.74, 6) is 1.75. The smallest absolute Gasteiger partial charge is 0.274 e. The van der Waals surface area contributed by atoms with Crippen LogP contribution < -0.4 is 10.1 Å². The highest BCUT2D eigenvalue weighted by molar-refractivity contribution is 5.92. The maximum Gasteiger partial charge on any atom is 0.274 e. The van der Waals surface area contributed by atoms with Crippen molar-refractivity contribution < 1.29 is 14.1 Å². The van der Waals surface area contributed by atoms with E-state index in [1.165, 1.54) is 0 Å². The molecule has 29 heavy (non-hydrogen) atoms. The lowest BCUT2D eigenvalue weighted by molar-refractivity contribution is 0.0910. The van der Waals surface area contributed by atoms with Crippen LogP contribution in [-0.4, -0.2) is 27.2 Å². The molecule has 4 aromatic rings. The zero-order valence-corrected chi connectivity index (χ0v) is 15.5. The first-order valence-electron chi connectivity index (χ1n) is 9.34. The highest BCUT2D eigenvalue weighted by Gasteiger charge is 2.27. The van der Waals surface area contributed by atoms with Crippen LogP contribution in [0.3, 0.4) is 0 Å². The van der Waals surface area contributed by atoms with Crippen molar-refractivity contribution in [1.29, 1.82) is 0 Å². The Labute approximate surface area is 166 Å². The zero-order valence-electron chi connectivity index (χ0n) is 15.5. The lowest BCUT2D eigenvalue weighted by Gasteiger charge is -2.15. The molecule has 1 aliphatic rings. The Kier molecular flexibility index (Phi) is 4.32. The fourth-order valence-electron chi connectivity index (χ4n) is 3.44. The molecule has 144 valence electrons. The van der Waals surface area contributed by atoms with Gasteiger partial charge in [0.2, 0.25) is 0 Å². The van der Waals surface area contributed by atoms with Gasteiger partial charge in [0.05, 0.1) is 5.69 Å². The van der Waals surface area contributed by atoms with Crippen LogP contribution in [0.5, 0.6) is 5.75 Å². The van der Waals surface area contributed by atoms with Gasteiger partial charge in [0.15, 0.2) is 5.69 Å². The first-order valence-corrected chi connectivity index (χ1v) is 9.34. The number of nitrogens with zero attached hydrogens (tertiary/aromatic N) is 3. The molecular formula is C22H18N4O3. The van der Waals surface area contributed by atoms with Crippen molar-refractivity contribution in [2.75, 3.05) is 6.61 Å². The van der Waals surface area contributed by atoms with Gasteiger partial charge in [-0.25, -0.2) is 4.98 Å². The topological polar surface area (TPSA) is 82.2 Å². The molecule has 0 radical (unpaired) electrons. The van der Waals surface area contributed by atoms with Crippen LogP contribution in [-0.2, 0) is 6.42 Å². The molecule has 2 aromatic heterocycles. The van der Waals surface area contributed by atoms with Crippen molar-refractivity contribution in [2.24, 2.45) is 0 Å². The van der Waals surface area contributed by atoms with E-state index in [2.05, 4.69) is 15.5 Å². The molecule has 1 aliphatic heterocycles. The van der Waals surface area contributed by atoms with Crippen molar-refractivity contribution in [2.45, 2.75) is 12.5 Å². The van der Waals surface area contributed by atoms with Crippen molar-refractivity contribution in [1.82, 2.24) is 20.0 Å². The number of hydrogen-bond donors (Lipinski definition) is 1. The number of fused-ring (bicyclic) bond motifs is 3. The molecule has 7 nitrogen and oxygen atoms in total. The minimum atomic E-state index is -0.417. The SMILES string of the molecule is O=C(NC1COc2ccccc2-n2ccnc21)c1cc(Cc2ccccc2)on1. The van der Waals surface area contributed by atoms with Gasteiger partial charge in [-0.05, 0) is 17.7 Å². The Hall–Kier alpha value is -3.87. The number of hydrogen-bond acceptors (Lipinski definition) is 5. The number of carbonyl (C=O) groups is 1. The third-order valence-corrected chi connectivity index (χ3v) is 4.83. The molecule has 0 bridgehead atoms. The largest absolute Gasteiger partial charge is 0.489 e. The number of nitrogens with one attached hydrogen (secondary N) is 1. The fraction of sp³-hybridized carbons (Fsp3) is 0.136. The number of carbonyl (C=O) groups excluding carboxylic acids is 1. The van der Waals surface area contributed by atoms with Crippen LogP contribution in [0.1, 0.15) is 33.7 Å². The molecule has 0 saturated carbocycles. The first kappa shape index (κ1) is 17.2. The van der Waals surface area contributed by atoms with E-state index in [9.17, 15) is 4.79 Å². The van der Waals surface area contributed by atoms with Crippen LogP contribution in [0.4, 0.5) is 0 Å². The van der Waals surface area contributed by atoms with Gasteiger partial charge in [-0.2, -0.15) is 0 Å². The van der Waals surface area contributed by atoms with Gasteiger partial charge in [0.1, 0.15) is 30.0 Å². The summed E-state index contributed by atoms with van der Waals surface area (Å²) < 4.78 is 13.2. The van der Waals surface area contributed by atoms with E-state index in [1.807, 2.05) is 65.4 Å². The Bertz CT molecular complexity index is 1150. The van der Waals surface area contributed by atoms with Gasteiger partial charge < -0.3 is 14.6 Å². The van der Waals surface area contributed by atoms with Crippen molar-refractivity contribution in [3.63, 3.8) is 0 Å². The number of benzene rings is 2. The summed E-state index contributed by atoms with van der Waals surface area (Å²) in [5, 5.41) is 6.89. The summed E-state index contributed by atoms with van der Waals surface area (Å²) in [7, 11) is 0. The number of para-hydroxylation sites is 2. The van der Waals surface area contributed by atoms with Crippen molar-refractivity contribution in [3.8, 4) is 11.4 Å². The number of imidazole rings is 1. The highest BCUT2D eigenvalue weighted by Crippen LogP contribution is 2.30. The van der Waals surface area contributed by atoms with Crippen LogP contribution >= 0.6 is 0 Å². The highest BCUT2D eigenvalue weighted by atomic mass is 16.5. The standard InChI is InChI=1S/C22H18N4O3/c27-22(17-13-16(29-25-17)12-15-6-2-1-3-7-15)24-18-14-28-20-9-5-4-8-19(20)26-11-10-23-21(18)26/h1-11,13,18H,12,14H2,(H,24,27). The van der Waals surface area contributed by atoms with E-state index in [1.54, 1.807) is 12.3 Å². The maximum atomic E-state index is 12.8. The Morgan fingerprint density at radius 1 is 1.14 bits per heavy atom. The number of rotatable bonds is 4. The molecule has 0 fully saturated rings. The summed E-state index contributed by atoms with van der Waals surface area (Å²) in [5.41, 5.74) is 2.21. The second-order valence-corrected chi connectivity index (χ2v) is 6.80. The van der Waals surface area contributed by atoms with Gasteiger partial charge in [-0.15, -0.1) is 0 Å². The van der Waals surface area contributed by atoms with Gasteiger partial charge in [0, 0.05) is 24.9 Å². The quantitative estimate of drug-likeness (QED) is 0.582. The second-order valence-electron chi connectivity index (χ2n) is 6.80. The monoisotopic (exact) mass is 386 g/mol. The zero-order chi connectivity index (χ0) is 19.6. The summed E-state index contributed by atoms with van der Waals surface area (Å²) >= 11 is 0. The molecule has 7 heteroatoms. The average molecular weight is 386 g/mol. The summed E-state index contributed by atoms with van der Waals surface area (Å²) in [6.45, 7) is 0.272. The molecule has 1 atom stereocenters. The first-order chi connectivity index (χ1) is 14.3. The lowest BCUT2D eigenvalue weighted by atomic mass is 10.1. The molecule has 1 amide bonds. The van der Waals surface area contributed by atoms with Gasteiger partial charge >= 0.3 is 0 Å². The van der Waals surface area contributed by atoms with Crippen LogP contribution in [0.2, 0.25) is 0 Å². The molecule has 0 aliphatic carbocycles. The predicted octanol–water partition coefficient (Wildman–Crippen LogP) is 3.31. The number of amides is 1. The third kappa shape index (κ3) is 3.38. The summed E-state index contributed by atoms with van der Waals surface area (Å²) in [6, 6.07) is 18.9. The van der Waals surface area contributed by atoms with E-state index in [0.717, 1.165) is 17.0 Å². The fourth-order valence-corrected chi connectivity index (χ4v) is 3.44. The van der Waals surface area contributed by atoms with E-state index >= 15 is 0 Å². The number of aromatic nitrogens is 3. The molecule has 0 saturated heterocycles. The van der Waals surface area contributed by atoms with E-state index < -0.39 is 6.04 Å². The van der Waals surface area contributed by atoms with Crippen molar-refractivity contribution in [3.05, 3.63) is 95.9 Å². The summed E-state index contributed by atoms with van der Waals surface area (Å²) in [4.78, 5) is 17.2. The maximum absolute atomic E-state index is 12.8. The Morgan fingerprint density at radius 2 is 1.97 bits per heavy atom. The minimum Gasteiger partial charge on any atom is -0.489 e. The van der Waals surface area contributed by atoms with Crippen molar-refractivity contribution >= 4 is 5.91 Å². The van der Waals surface area contributed by atoms with E-state index in [-0.39, 0.29) is 18.2 Å². The molecule has 3 heterocycles. The number of ether oxygens (including phenoxy) is 1. The van der Waals surface area contributed by atoms with Gasteiger partial charge in [0.25, 0.3) is 5.91 Å². The van der Waals surface area contributed by atoms with Crippen LogP contribution in [0, 0.1) is 0 Å². The normalized spacial score (nSPS) is 15.0. The molecule has 0 spiro atoms. The minimum absolute atomic E-state index is 0.232. The van der Waals surface area contributed by atoms with Gasteiger partial charge in [-0.1, -0.05) is 47.6 Å². The molecular weight excluding hydrogens is 368 g/mol. The molecule has 2 aromatic carbocycles.